The van der Waals surface area contributed by atoms with Crippen molar-refractivity contribution < 1.29 is 0 Å². The fraction of sp³-hybridized carbons (Fsp3) is 0.625. The number of aliphatic imine (C=N–C) groups is 1. The summed E-state index contributed by atoms with van der Waals surface area (Å²) in [6.45, 7) is 9.66. The van der Waals surface area contributed by atoms with E-state index in [1.165, 1.54) is 11.8 Å². The van der Waals surface area contributed by atoms with E-state index in [1.807, 2.05) is 26.8 Å². The highest BCUT2D eigenvalue weighted by atomic mass is 35.5. The smallest absolute Gasteiger partial charge is 0.154 e. The van der Waals surface area contributed by atoms with Crippen molar-refractivity contribution in [1.82, 2.24) is 0 Å². The van der Waals surface area contributed by atoms with Crippen molar-refractivity contribution in [2.75, 3.05) is 5.75 Å². The highest BCUT2D eigenvalue weighted by molar-refractivity contribution is 8.13. The molecule has 0 atom stereocenters. The Morgan fingerprint density at radius 1 is 1.58 bits per heavy atom. The minimum absolute atomic E-state index is 0. The zero-order chi connectivity index (χ0) is 8.91. The molecule has 0 fully saturated rings. The lowest BCUT2D eigenvalue weighted by atomic mass is 10.1. The van der Waals surface area contributed by atoms with Crippen molar-refractivity contribution in [3.05, 3.63) is 12.7 Å². The molecule has 0 heterocycles. The number of thioether (sulfide) groups is 1. The topological polar surface area (TPSA) is 38.4 Å². The third kappa shape index (κ3) is 9.85. The van der Waals surface area contributed by atoms with Gasteiger partial charge in [-0.1, -0.05) is 17.8 Å². The van der Waals surface area contributed by atoms with Gasteiger partial charge < -0.3 is 5.73 Å². The third-order valence-electron chi connectivity index (χ3n) is 0.795. The van der Waals surface area contributed by atoms with E-state index in [1.54, 1.807) is 0 Å². The van der Waals surface area contributed by atoms with Crippen LogP contribution in [-0.4, -0.2) is 16.5 Å². The molecule has 0 aliphatic carbocycles. The van der Waals surface area contributed by atoms with Crippen molar-refractivity contribution in [2.24, 2.45) is 10.7 Å². The van der Waals surface area contributed by atoms with Gasteiger partial charge in [-0.05, 0) is 20.8 Å². The van der Waals surface area contributed by atoms with Gasteiger partial charge in [-0.25, -0.2) is 0 Å². The molecule has 0 radical (unpaired) electrons. The molecule has 0 unspecified atom stereocenters. The zero-order valence-corrected chi connectivity index (χ0v) is 9.47. The van der Waals surface area contributed by atoms with Crippen LogP contribution in [-0.2, 0) is 0 Å². The molecule has 0 saturated carbocycles. The van der Waals surface area contributed by atoms with Gasteiger partial charge in [0.15, 0.2) is 5.17 Å². The van der Waals surface area contributed by atoms with Gasteiger partial charge in [0.25, 0.3) is 0 Å². The van der Waals surface area contributed by atoms with Crippen LogP contribution in [0.3, 0.4) is 0 Å². The van der Waals surface area contributed by atoms with Crippen LogP contribution in [0.1, 0.15) is 20.8 Å². The molecule has 0 aliphatic rings. The van der Waals surface area contributed by atoms with Crippen molar-refractivity contribution >= 4 is 29.3 Å². The molecule has 0 amide bonds. The Morgan fingerprint density at radius 2 is 2.08 bits per heavy atom. The first kappa shape index (κ1) is 14.4. The summed E-state index contributed by atoms with van der Waals surface area (Å²) < 4.78 is 0. The van der Waals surface area contributed by atoms with Crippen LogP contribution in [0.4, 0.5) is 0 Å². The van der Waals surface area contributed by atoms with Gasteiger partial charge in [-0.2, -0.15) is 0 Å². The quantitative estimate of drug-likeness (QED) is 0.430. The molecule has 2 nitrogen and oxygen atoms in total. The summed E-state index contributed by atoms with van der Waals surface area (Å²) in [6.07, 6.45) is 1.82. The Hall–Kier alpha value is -0.150. The number of halogens is 1. The Balaban J connectivity index is 0. The second kappa shape index (κ2) is 6.38. The van der Waals surface area contributed by atoms with Crippen molar-refractivity contribution in [3.63, 3.8) is 0 Å². The molecule has 0 aromatic rings. The molecule has 72 valence electrons. The Bertz CT molecular complexity index is 161. The zero-order valence-electron chi connectivity index (χ0n) is 7.83. The van der Waals surface area contributed by atoms with Gasteiger partial charge in [0.2, 0.25) is 0 Å². The summed E-state index contributed by atoms with van der Waals surface area (Å²) in [5.41, 5.74) is 5.54. The van der Waals surface area contributed by atoms with E-state index in [4.69, 9.17) is 5.73 Å². The van der Waals surface area contributed by atoms with Crippen LogP contribution in [0, 0.1) is 0 Å². The predicted molar refractivity (Wildman–Crippen MR) is 61.3 cm³/mol. The largest absolute Gasteiger partial charge is 0.379 e. The summed E-state index contributed by atoms with van der Waals surface area (Å²) in [6, 6.07) is 0. The highest BCUT2D eigenvalue weighted by Crippen LogP contribution is 2.09. The number of hydrogen-bond donors (Lipinski definition) is 1. The van der Waals surface area contributed by atoms with Gasteiger partial charge in [-0.3, -0.25) is 4.99 Å². The molecule has 0 spiro atoms. The van der Waals surface area contributed by atoms with Crippen molar-refractivity contribution in [2.45, 2.75) is 26.3 Å². The van der Waals surface area contributed by atoms with Crippen molar-refractivity contribution in [3.8, 4) is 0 Å². The average Bonchev–Trinajstić information content (AvgIpc) is 1.79. The second-order valence-electron chi connectivity index (χ2n) is 3.22. The van der Waals surface area contributed by atoms with Gasteiger partial charge in [0, 0.05) is 5.75 Å². The van der Waals surface area contributed by atoms with E-state index in [2.05, 4.69) is 11.6 Å². The molecule has 4 heteroatoms. The molecule has 0 rings (SSSR count). The monoisotopic (exact) mass is 208 g/mol. The maximum Gasteiger partial charge on any atom is 0.154 e. The summed E-state index contributed by atoms with van der Waals surface area (Å²) in [7, 11) is 0. The molecule has 0 aromatic heterocycles. The minimum atomic E-state index is -0.0712. The van der Waals surface area contributed by atoms with Crippen LogP contribution < -0.4 is 5.73 Å². The van der Waals surface area contributed by atoms with E-state index in [0.717, 1.165) is 5.75 Å². The first-order chi connectivity index (χ1) is 4.95. The van der Waals surface area contributed by atoms with E-state index in [9.17, 15) is 0 Å². The highest BCUT2D eigenvalue weighted by Gasteiger charge is 2.07. The molecule has 12 heavy (non-hydrogen) atoms. The summed E-state index contributed by atoms with van der Waals surface area (Å²) in [4.78, 5) is 4.26. The maximum atomic E-state index is 5.61. The second-order valence-corrected chi connectivity index (χ2v) is 4.26. The summed E-state index contributed by atoms with van der Waals surface area (Å²) in [5.74, 6) is 0.825. The minimum Gasteiger partial charge on any atom is -0.379 e. The number of rotatable bonds is 2. The van der Waals surface area contributed by atoms with E-state index < -0.39 is 0 Å². The Kier molecular flexibility index (Phi) is 7.64. The maximum absolute atomic E-state index is 5.61. The van der Waals surface area contributed by atoms with Crippen LogP contribution >= 0.6 is 24.2 Å². The van der Waals surface area contributed by atoms with Gasteiger partial charge in [0.1, 0.15) is 0 Å². The lowest BCUT2D eigenvalue weighted by Gasteiger charge is -2.12. The molecule has 0 bridgehead atoms. The third-order valence-corrected chi connectivity index (χ3v) is 1.58. The van der Waals surface area contributed by atoms with E-state index in [-0.39, 0.29) is 17.9 Å². The molecular formula is C8H17ClN2S. The lowest BCUT2D eigenvalue weighted by Crippen LogP contribution is -2.17. The number of nitrogens with zero attached hydrogens (tertiary/aromatic N) is 1. The van der Waals surface area contributed by atoms with Crippen LogP contribution in [0.5, 0.6) is 0 Å². The summed E-state index contributed by atoms with van der Waals surface area (Å²) in [5, 5.41) is 0.636. The molecule has 0 aromatic carbocycles. The van der Waals surface area contributed by atoms with Crippen LogP contribution in [0.15, 0.2) is 17.6 Å². The SMILES string of the molecule is C=CCSC(N)=NC(C)(C)C.Cl. The molecular weight excluding hydrogens is 192 g/mol. The Labute approximate surface area is 85.1 Å². The van der Waals surface area contributed by atoms with E-state index in [0.29, 0.717) is 5.17 Å². The number of amidine groups is 1. The summed E-state index contributed by atoms with van der Waals surface area (Å²) >= 11 is 1.51. The number of hydrogen-bond acceptors (Lipinski definition) is 2. The van der Waals surface area contributed by atoms with Crippen LogP contribution in [0.25, 0.3) is 0 Å². The van der Waals surface area contributed by atoms with Gasteiger partial charge >= 0.3 is 0 Å². The standard InChI is InChI=1S/C8H16N2S.ClH/c1-5-6-11-7(9)10-8(2,3)4;/h5H,1,6H2,2-4H3,(H2,9,10);1H. The molecule has 0 aliphatic heterocycles. The lowest BCUT2D eigenvalue weighted by molar-refractivity contribution is 0.585. The fourth-order valence-corrected chi connectivity index (χ4v) is 1.13. The van der Waals surface area contributed by atoms with Crippen molar-refractivity contribution in [1.29, 1.82) is 0 Å². The van der Waals surface area contributed by atoms with Gasteiger partial charge in [-0.15, -0.1) is 19.0 Å². The normalized spacial score (nSPS) is 12.1. The Morgan fingerprint density at radius 3 is 2.42 bits per heavy atom. The fourth-order valence-electron chi connectivity index (χ4n) is 0.507. The molecule has 0 saturated heterocycles. The number of nitrogens with two attached hydrogens (primary N) is 1. The van der Waals surface area contributed by atoms with Crippen LogP contribution in [0.2, 0.25) is 0 Å². The first-order valence-electron chi connectivity index (χ1n) is 3.55. The average molecular weight is 209 g/mol. The van der Waals surface area contributed by atoms with Gasteiger partial charge in [0.05, 0.1) is 5.54 Å². The first-order valence-corrected chi connectivity index (χ1v) is 4.53. The molecule has 2 N–H and O–H groups in total. The van der Waals surface area contributed by atoms with E-state index >= 15 is 0 Å². The predicted octanol–water partition coefficient (Wildman–Crippen LogP) is 2.44.